The maximum Gasteiger partial charge on any atom is 0.221 e. The zero-order valence-electron chi connectivity index (χ0n) is 15.7. The summed E-state index contributed by atoms with van der Waals surface area (Å²) in [5.74, 6) is 0.547. The minimum Gasteiger partial charge on any atom is -0.382 e. The minimum absolute atomic E-state index is 0.0396. The molecule has 0 aromatic heterocycles. The van der Waals surface area contributed by atoms with Crippen molar-refractivity contribution in [2.75, 3.05) is 30.3 Å². The van der Waals surface area contributed by atoms with Crippen molar-refractivity contribution in [3.05, 3.63) is 60.2 Å². The summed E-state index contributed by atoms with van der Waals surface area (Å²) in [5, 5.41) is 6.51. The van der Waals surface area contributed by atoms with Gasteiger partial charge in [0, 0.05) is 44.0 Å². The second-order valence-corrected chi connectivity index (χ2v) is 7.31. The lowest BCUT2D eigenvalue weighted by Gasteiger charge is -2.38. The van der Waals surface area contributed by atoms with Crippen LogP contribution in [0.3, 0.4) is 0 Å². The van der Waals surface area contributed by atoms with E-state index in [2.05, 4.69) is 58.9 Å². The predicted octanol–water partition coefficient (Wildman–Crippen LogP) is 4.01. The summed E-state index contributed by atoms with van der Waals surface area (Å²) in [5.41, 5.74) is 3.33. The lowest BCUT2D eigenvalue weighted by Crippen LogP contribution is -2.45. The van der Waals surface area contributed by atoms with Crippen LogP contribution in [-0.4, -0.2) is 36.5 Å². The Morgan fingerprint density at radius 2 is 1.88 bits per heavy atom. The van der Waals surface area contributed by atoms with Crippen LogP contribution in [0.15, 0.2) is 54.6 Å². The number of benzene rings is 2. The second-order valence-electron chi connectivity index (χ2n) is 7.31. The van der Waals surface area contributed by atoms with E-state index in [4.69, 9.17) is 0 Å². The molecule has 0 saturated carbocycles. The molecule has 1 saturated heterocycles. The van der Waals surface area contributed by atoms with Crippen molar-refractivity contribution in [1.29, 1.82) is 0 Å². The monoisotopic (exact) mass is 351 g/mol. The van der Waals surface area contributed by atoms with Crippen molar-refractivity contribution in [2.45, 2.75) is 32.7 Å². The van der Waals surface area contributed by atoms with E-state index in [0.717, 1.165) is 43.9 Å². The van der Waals surface area contributed by atoms with Crippen LogP contribution in [0, 0.1) is 5.92 Å². The topological polar surface area (TPSA) is 44.4 Å². The Morgan fingerprint density at radius 3 is 2.62 bits per heavy atom. The third kappa shape index (κ3) is 5.33. The Hall–Kier alpha value is -2.33. The average molecular weight is 351 g/mol. The van der Waals surface area contributed by atoms with E-state index in [-0.39, 0.29) is 5.91 Å². The van der Waals surface area contributed by atoms with Crippen LogP contribution in [-0.2, 0) is 11.2 Å². The molecule has 1 fully saturated rings. The molecule has 1 aliphatic heterocycles. The molecule has 138 valence electrons. The number of nitrogens with zero attached hydrogens (tertiary/aromatic N) is 1. The molecular weight excluding hydrogens is 322 g/mol. The van der Waals surface area contributed by atoms with Crippen LogP contribution in [0.4, 0.5) is 11.4 Å². The number of hydrogen-bond acceptors (Lipinski definition) is 3. The van der Waals surface area contributed by atoms with Gasteiger partial charge in [0.25, 0.3) is 0 Å². The highest BCUT2D eigenvalue weighted by atomic mass is 16.1. The number of carbonyl (C=O) groups is 1. The standard InChI is InChI=1S/C22H29N3O/c1-17-16-25(13-11-19-7-4-3-5-8-19)14-12-22(17)24-21-10-6-9-20(15-21)23-18(2)26/h3-10,15,17,22,24H,11-14,16H2,1-2H3,(H,23,26)/t17-,22+/m1/s1. The fourth-order valence-corrected chi connectivity index (χ4v) is 3.69. The van der Waals surface area contributed by atoms with Gasteiger partial charge in [-0.3, -0.25) is 4.79 Å². The largest absolute Gasteiger partial charge is 0.382 e. The molecule has 4 nitrogen and oxygen atoms in total. The quantitative estimate of drug-likeness (QED) is 0.826. The smallest absolute Gasteiger partial charge is 0.221 e. The normalized spacial score (nSPS) is 20.5. The first-order chi connectivity index (χ1) is 12.6. The molecule has 3 rings (SSSR count). The van der Waals surface area contributed by atoms with Gasteiger partial charge in [-0.25, -0.2) is 0 Å². The highest BCUT2D eigenvalue weighted by Gasteiger charge is 2.25. The van der Waals surface area contributed by atoms with Crippen LogP contribution in [0.5, 0.6) is 0 Å². The molecule has 26 heavy (non-hydrogen) atoms. The number of amides is 1. The molecule has 1 amide bonds. The first-order valence-corrected chi connectivity index (χ1v) is 9.50. The lowest BCUT2D eigenvalue weighted by atomic mass is 9.93. The first-order valence-electron chi connectivity index (χ1n) is 9.50. The number of nitrogens with one attached hydrogen (secondary N) is 2. The lowest BCUT2D eigenvalue weighted by molar-refractivity contribution is -0.114. The van der Waals surface area contributed by atoms with E-state index in [1.807, 2.05) is 18.2 Å². The van der Waals surface area contributed by atoms with Gasteiger partial charge >= 0.3 is 0 Å². The van der Waals surface area contributed by atoms with Crippen molar-refractivity contribution in [1.82, 2.24) is 4.90 Å². The van der Waals surface area contributed by atoms with Gasteiger partial charge < -0.3 is 15.5 Å². The Labute approximate surface area is 156 Å². The predicted molar refractivity (Wildman–Crippen MR) is 109 cm³/mol. The number of likely N-dealkylation sites (tertiary alicyclic amines) is 1. The Balaban J connectivity index is 1.50. The summed E-state index contributed by atoms with van der Waals surface area (Å²) in [4.78, 5) is 13.8. The SMILES string of the molecule is CC(=O)Nc1cccc(N[C@H]2CCN(CCc3ccccc3)C[C@H]2C)c1. The Morgan fingerprint density at radius 1 is 1.12 bits per heavy atom. The third-order valence-corrected chi connectivity index (χ3v) is 5.08. The molecule has 2 N–H and O–H groups in total. The van der Waals surface area contributed by atoms with Gasteiger partial charge in [-0.15, -0.1) is 0 Å². The van der Waals surface area contributed by atoms with Gasteiger partial charge in [0.1, 0.15) is 0 Å². The average Bonchev–Trinajstić information content (AvgIpc) is 2.63. The van der Waals surface area contributed by atoms with Crippen molar-refractivity contribution >= 4 is 17.3 Å². The van der Waals surface area contributed by atoms with Gasteiger partial charge in [-0.1, -0.05) is 43.3 Å². The molecule has 1 heterocycles. The van der Waals surface area contributed by atoms with E-state index in [1.165, 1.54) is 12.5 Å². The van der Waals surface area contributed by atoms with Crippen molar-refractivity contribution in [2.24, 2.45) is 5.92 Å². The van der Waals surface area contributed by atoms with Gasteiger partial charge in [0.15, 0.2) is 0 Å². The molecular formula is C22H29N3O. The molecule has 0 radical (unpaired) electrons. The second kappa shape index (κ2) is 8.86. The molecule has 2 atom stereocenters. The number of hydrogen-bond donors (Lipinski definition) is 2. The van der Waals surface area contributed by atoms with E-state index in [1.54, 1.807) is 0 Å². The van der Waals surface area contributed by atoms with Crippen molar-refractivity contribution < 1.29 is 4.79 Å². The summed E-state index contributed by atoms with van der Waals surface area (Å²) >= 11 is 0. The van der Waals surface area contributed by atoms with E-state index in [0.29, 0.717) is 12.0 Å². The number of piperidine rings is 1. The van der Waals surface area contributed by atoms with Crippen LogP contribution in [0.25, 0.3) is 0 Å². The minimum atomic E-state index is -0.0396. The summed E-state index contributed by atoms with van der Waals surface area (Å²) in [6.07, 6.45) is 2.25. The van der Waals surface area contributed by atoms with Crippen molar-refractivity contribution in [3.63, 3.8) is 0 Å². The molecule has 0 unspecified atom stereocenters. The Kier molecular flexibility index (Phi) is 6.29. The van der Waals surface area contributed by atoms with E-state index < -0.39 is 0 Å². The summed E-state index contributed by atoms with van der Waals surface area (Å²) in [7, 11) is 0. The molecule has 2 aromatic rings. The van der Waals surface area contributed by atoms with Crippen LogP contribution >= 0.6 is 0 Å². The first kappa shape index (κ1) is 18.5. The molecule has 4 heteroatoms. The Bertz CT molecular complexity index is 716. The van der Waals surface area contributed by atoms with Gasteiger partial charge in [0.05, 0.1) is 0 Å². The summed E-state index contributed by atoms with van der Waals surface area (Å²) < 4.78 is 0. The zero-order chi connectivity index (χ0) is 18.4. The van der Waals surface area contributed by atoms with Crippen molar-refractivity contribution in [3.8, 4) is 0 Å². The van der Waals surface area contributed by atoms with Crippen LogP contribution in [0.2, 0.25) is 0 Å². The third-order valence-electron chi connectivity index (χ3n) is 5.08. The fraction of sp³-hybridized carbons (Fsp3) is 0.409. The highest BCUT2D eigenvalue weighted by Crippen LogP contribution is 2.23. The molecule has 0 bridgehead atoms. The summed E-state index contributed by atoms with van der Waals surface area (Å²) in [6.45, 7) is 7.23. The maximum atomic E-state index is 11.2. The number of rotatable bonds is 6. The van der Waals surface area contributed by atoms with E-state index >= 15 is 0 Å². The molecule has 1 aliphatic rings. The number of carbonyl (C=O) groups excluding carboxylic acids is 1. The highest BCUT2D eigenvalue weighted by molar-refractivity contribution is 5.89. The van der Waals surface area contributed by atoms with Gasteiger partial charge in [-0.05, 0) is 42.5 Å². The van der Waals surface area contributed by atoms with Crippen LogP contribution in [0.1, 0.15) is 25.8 Å². The molecule has 2 aromatic carbocycles. The maximum absolute atomic E-state index is 11.2. The summed E-state index contributed by atoms with van der Waals surface area (Å²) in [6, 6.07) is 19.2. The number of anilines is 2. The molecule has 0 aliphatic carbocycles. The van der Waals surface area contributed by atoms with Crippen LogP contribution < -0.4 is 10.6 Å². The van der Waals surface area contributed by atoms with E-state index in [9.17, 15) is 4.79 Å². The fourth-order valence-electron chi connectivity index (χ4n) is 3.69. The van der Waals surface area contributed by atoms with Gasteiger partial charge in [-0.2, -0.15) is 0 Å². The molecule has 0 spiro atoms. The van der Waals surface area contributed by atoms with Gasteiger partial charge in [0.2, 0.25) is 5.91 Å². The zero-order valence-corrected chi connectivity index (χ0v) is 15.7.